The molecule has 6 N–H and O–H groups in total. The first-order chi connectivity index (χ1) is 15.6. The molecule has 0 aliphatic rings. The van der Waals surface area contributed by atoms with Crippen LogP contribution in [-0.4, -0.2) is 38.0 Å². The van der Waals surface area contributed by atoms with Crippen LogP contribution in [0.3, 0.4) is 0 Å². The molecule has 1 aromatic heterocycles. The maximum absolute atomic E-state index is 14.4. The molecule has 33 heavy (non-hydrogen) atoms. The van der Waals surface area contributed by atoms with Crippen LogP contribution in [0.4, 0.5) is 43.3 Å². The number of rotatable bonds is 8. The molecule has 0 fully saturated rings. The van der Waals surface area contributed by atoms with Crippen molar-refractivity contribution in [2.24, 2.45) is 16.8 Å². The summed E-state index contributed by atoms with van der Waals surface area (Å²) in [5, 5.41) is 9.77. The van der Waals surface area contributed by atoms with Crippen LogP contribution in [0.25, 0.3) is 0 Å². The molecule has 0 aliphatic heterocycles. The number of anilines is 6. The van der Waals surface area contributed by atoms with Gasteiger partial charge in [-0.25, -0.2) is 28.0 Å². The zero-order valence-corrected chi connectivity index (χ0v) is 18.4. The molecule has 174 valence electrons. The fourth-order valence-electron chi connectivity index (χ4n) is 2.70. The molecule has 3 rings (SSSR count). The van der Waals surface area contributed by atoms with Gasteiger partial charge in [0.15, 0.2) is 11.6 Å². The predicted molar refractivity (Wildman–Crippen MR) is 124 cm³/mol. The molecule has 11 nitrogen and oxygen atoms in total. The number of benzene rings is 2. The lowest BCUT2D eigenvalue weighted by Crippen LogP contribution is -2.29. The van der Waals surface area contributed by atoms with E-state index in [1.807, 2.05) is 0 Å². The molecule has 14 heteroatoms. The Morgan fingerprint density at radius 2 is 1.82 bits per heavy atom. The van der Waals surface area contributed by atoms with Gasteiger partial charge in [0.05, 0.1) is 35.2 Å². The summed E-state index contributed by atoms with van der Waals surface area (Å²) in [7, 11) is -2.20. The third kappa shape index (κ3) is 5.61. The Bertz CT molecular complexity index is 1290. The van der Waals surface area contributed by atoms with E-state index >= 15 is 0 Å². The average Bonchev–Trinajstić information content (AvgIpc) is 2.77. The van der Waals surface area contributed by atoms with Crippen molar-refractivity contribution in [2.75, 3.05) is 33.3 Å². The van der Waals surface area contributed by atoms with Gasteiger partial charge in [0.2, 0.25) is 16.0 Å². The second-order valence-corrected chi connectivity index (χ2v) is 8.74. The second-order valence-electron chi connectivity index (χ2n) is 6.72. The fraction of sp³-hybridized carbons (Fsp3) is 0.105. The van der Waals surface area contributed by atoms with Crippen LogP contribution in [0.5, 0.6) is 0 Å². The predicted octanol–water partition coefficient (Wildman–Crippen LogP) is 2.22. The van der Waals surface area contributed by atoms with Crippen LogP contribution in [0.2, 0.25) is 0 Å². The summed E-state index contributed by atoms with van der Waals surface area (Å²) in [5.74, 6) is 8.97. The van der Waals surface area contributed by atoms with E-state index in [4.69, 9.17) is 11.7 Å². The van der Waals surface area contributed by atoms with Crippen LogP contribution in [0.1, 0.15) is 0 Å². The number of hydrazone groups is 1. The van der Waals surface area contributed by atoms with E-state index in [-0.39, 0.29) is 28.8 Å². The molecule has 0 saturated heterocycles. The molecule has 0 spiro atoms. The summed E-state index contributed by atoms with van der Waals surface area (Å²) in [6, 6.07) is 10.3. The van der Waals surface area contributed by atoms with Crippen molar-refractivity contribution in [3.63, 3.8) is 0 Å². The van der Waals surface area contributed by atoms with Crippen molar-refractivity contribution in [2.45, 2.75) is 0 Å². The third-order valence-corrected chi connectivity index (χ3v) is 5.62. The van der Waals surface area contributed by atoms with Gasteiger partial charge >= 0.3 is 0 Å². The zero-order chi connectivity index (χ0) is 24.2. The van der Waals surface area contributed by atoms with Crippen LogP contribution in [0, 0.1) is 11.6 Å². The largest absolute Gasteiger partial charge is 0.336 e. The Morgan fingerprint density at radius 1 is 1.09 bits per heavy atom. The molecule has 0 unspecified atom stereocenters. The smallest absolute Gasteiger partial charge is 0.232 e. The summed E-state index contributed by atoms with van der Waals surface area (Å²) >= 11 is 0. The highest BCUT2D eigenvalue weighted by Gasteiger charge is 2.17. The Balaban J connectivity index is 1.92. The highest BCUT2D eigenvalue weighted by Crippen LogP contribution is 2.30. The lowest BCUT2D eigenvalue weighted by Gasteiger charge is -2.21. The summed E-state index contributed by atoms with van der Waals surface area (Å²) < 4.78 is 53.6. The van der Waals surface area contributed by atoms with Gasteiger partial charge in [-0.3, -0.25) is 9.31 Å². The third-order valence-electron chi connectivity index (χ3n) is 4.42. The average molecular weight is 478 g/mol. The fourth-order valence-corrected chi connectivity index (χ4v) is 3.22. The number of hydrazine groups is 1. The lowest BCUT2D eigenvalue weighted by molar-refractivity contribution is 0.600. The van der Waals surface area contributed by atoms with Crippen molar-refractivity contribution in [3.05, 3.63) is 60.3 Å². The summed E-state index contributed by atoms with van der Waals surface area (Å²) in [4.78, 5) is 7.87. The highest BCUT2D eigenvalue weighted by molar-refractivity contribution is 7.92. The van der Waals surface area contributed by atoms with E-state index in [1.54, 1.807) is 24.3 Å². The van der Waals surface area contributed by atoms with Gasteiger partial charge in [0.25, 0.3) is 0 Å². The Hall–Kier alpha value is -4.04. The topological polar surface area (TPSA) is 155 Å². The van der Waals surface area contributed by atoms with Crippen LogP contribution in [-0.2, 0) is 10.0 Å². The zero-order valence-electron chi connectivity index (χ0n) is 17.6. The van der Waals surface area contributed by atoms with E-state index in [0.29, 0.717) is 5.69 Å². The van der Waals surface area contributed by atoms with Crippen molar-refractivity contribution in [1.29, 1.82) is 0 Å². The monoisotopic (exact) mass is 477 g/mol. The van der Waals surface area contributed by atoms with Crippen molar-refractivity contribution in [3.8, 4) is 0 Å². The molecule has 3 aromatic rings. The first-order valence-electron chi connectivity index (χ1n) is 9.26. The molecule has 2 aromatic carbocycles. The Morgan fingerprint density at radius 3 is 2.52 bits per heavy atom. The highest BCUT2D eigenvalue weighted by atomic mass is 32.2. The number of nitrogens with one attached hydrogen (secondary N) is 2. The minimum Gasteiger partial charge on any atom is -0.336 e. The summed E-state index contributed by atoms with van der Waals surface area (Å²) in [6.07, 6.45) is 3.05. The van der Waals surface area contributed by atoms with E-state index in [0.717, 1.165) is 34.2 Å². The van der Waals surface area contributed by atoms with E-state index < -0.39 is 21.7 Å². The van der Waals surface area contributed by atoms with Crippen LogP contribution >= 0.6 is 0 Å². The minimum absolute atomic E-state index is 0.0388. The van der Waals surface area contributed by atoms with Crippen molar-refractivity contribution < 1.29 is 17.2 Å². The van der Waals surface area contributed by atoms with Gasteiger partial charge in [-0.15, -0.1) is 0 Å². The Labute approximate surface area is 188 Å². The first-order valence-corrected chi connectivity index (χ1v) is 11.1. The molecule has 0 aliphatic carbocycles. The molecule has 0 atom stereocenters. The van der Waals surface area contributed by atoms with Gasteiger partial charge in [-0.2, -0.15) is 10.1 Å². The number of nitrogens with zero attached hydrogens (tertiary/aromatic N) is 5. The van der Waals surface area contributed by atoms with Crippen LogP contribution < -0.4 is 31.6 Å². The number of halogens is 2. The van der Waals surface area contributed by atoms with Gasteiger partial charge < -0.3 is 16.5 Å². The Kier molecular flexibility index (Phi) is 6.89. The molecule has 0 amide bonds. The number of hydrogen-bond donors (Lipinski definition) is 4. The van der Waals surface area contributed by atoms with Gasteiger partial charge in [-0.1, -0.05) is 12.1 Å². The quantitative estimate of drug-likeness (QED) is 0.165. The molecule has 1 heterocycles. The number of aromatic nitrogens is 2. The minimum atomic E-state index is -3.57. The summed E-state index contributed by atoms with van der Waals surface area (Å²) in [6.45, 7) is 0. The second kappa shape index (κ2) is 9.62. The standard InChI is InChI=1S/C19H21F2N9O2S/c1-29(33(2,31)32)17-6-4-3-5-15(17)26-18-14(21)10-24-19(28-18)27-16-9-12(7-8-13(16)20)30(23)11-25-22/h3-11H,22-23H2,1-2H3,(H2,24,26,27,28)/b25-11-. The SMILES string of the molecule is CN(c1ccccc1Nc1nc(Nc2cc(N(N)/C=N\N)ccc2F)ncc1F)S(C)(=O)=O. The molecule has 0 bridgehead atoms. The molecule has 0 radical (unpaired) electrons. The van der Waals surface area contributed by atoms with Crippen molar-refractivity contribution in [1.82, 2.24) is 9.97 Å². The lowest BCUT2D eigenvalue weighted by atomic mass is 10.2. The number of sulfonamides is 1. The molecular formula is C19H21F2N9O2S. The molecular weight excluding hydrogens is 456 g/mol. The number of hydrogen-bond acceptors (Lipinski definition) is 9. The van der Waals surface area contributed by atoms with Gasteiger partial charge in [0.1, 0.15) is 12.2 Å². The van der Waals surface area contributed by atoms with Crippen molar-refractivity contribution >= 4 is 50.9 Å². The maximum Gasteiger partial charge on any atom is 0.232 e. The number of para-hydroxylation sites is 2. The maximum atomic E-state index is 14.4. The number of nitrogens with two attached hydrogens (primary N) is 2. The van der Waals surface area contributed by atoms with E-state index in [9.17, 15) is 17.2 Å². The van der Waals surface area contributed by atoms with E-state index in [1.165, 1.54) is 19.2 Å². The summed E-state index contributed by atoms with van der Waals surface area (Å²) in [5.41, 5.74) is 0.868. The van der Waals surface area contributed by atoms with E-state index in [2.05, 4.69) is 25.7 Å². The van der Waals surface area contributed by atoms with Crippen LogP contribution in [0.15, 0.2) is 53.8 Å². The normalized spacial score (nSPS) is 11.4. The molecule has 0 saturated carbocycles. The first kappa shape index (κ1) is 23.6. The van der Waals surface area contributed by atoms with Gasteiger partial charge in [-0.05, 0) is 30.3 Å². The van der Waals surface area contributed by atoms with Gasteiger partial charge in [0, 0.05) is 7.05 Å².